The summed E-state index contributed by atoms with van der Waals surface area (Å²) in [5, 5.41) is 9.48. The van der Waals surface area contributed by atoms with Crippen LogP contribution in [0.4, 0.5) is 0 Å². The summed E-state index contributed by atoms with van der Waals surface area (Å²) >= 11 is 0. The van der Waals surface area contributed by atoms with Crippen molar-refractivity contribution >= 4 is 10.8 Å². The van der Waals surface area contributed by atoms with Crippen LogP contribution < -0.4 is 10.9 Å². The summed E-state index contributed by atoms with van der Waals surface area (Å²) in [5.41, 5.74) is 2.96. The average molecular weight is 283 g/mol. The largest absolute Gasteiger partial charge is 0.316 e. The van der Waals surface area contributed by atoms with Crippen molar-refractivity contribution in [1.82, 2.24) is 15.1 Å². The van der Waals surface area contributed by atoms with Crippen LogP contribution in [-0.2, 0) is 13.5 Å². The Labute approximate surface area is 124 Å². The number of benzene rings is 1. The number of aryl methyl sites for hydroxylation is 2. The molecule has 1 saturated heterocycles. The third-order valence-electron chi connectivity index (χ3n) is 5.36. The van der Waals surface area contributed by atoms with Gasteiger partial charge in [0.2, 0.25) is 0 Å². The molecule has 110 valence electrons. The van der Waals surface area contributed by atoms with Crippen LogP contribution in [0.25, 0.3) is 10.8 Å². The normalized spacial score (nSPS) is 20.5. The number of aromatic nitrogens is 2. The van der Waals surface area contributed by atoms with E-state index >= 15 is 0 Å². The number of hydrogen-bond acceptors (Lipinski definition) is 3. The Kier molecular flexibility index (Phi) is 2.73. The van der Waals surface area contributed by atoms with Crippen LogP contribution in [0.2, 0.25) is 0 Å². The quantitative estimate of drug-likeness (QED) is 0.914. The molecule has 0 radical (unpaired) electrons. The summed E-state index contributed by atoms with van der Waals surface area (Å²) in [6.07, 6.45) is 5.59. The Morgan fingerprint density at radius 2 is 2.14 bits per heavy atom. The molecule has 4 rings (SSSR count). The summed E-state index contributed by atoms with van der Waals surface area (Å²) in [5.74, 6) is 0.766. The predicted octanol–water partition coefficient (Wildman–Crippen LogP) is 1.78. The summed E-state index contributed by atoms with van der Waals surface area (Å²) in [4.78, 5) is 12.3. The molecule has 4 nitrogen and oxygen atoms in total. The number of nitrogens with zero attached hydrogens (tertiary/aromatic N) is 2. The molecule has 2 aliphatic rings. The van der Waals surface area contributed by atoms with E-state index in [4.69, 9.17) is 0 Å². The van der Waals surface area contributed by atoms with E-state index < -0.39 is 0 Å². The molecule has 1 aliphatic heterocycles. The Balaban J connectivity index is 1.68. The lowest BCUT2D eigenvalue weighted by Crippen LogP contribution is -2.60. The van der Waals surface area contributed by atoms with Gasteiger partial charge in [-0.2, -0.15) is 5.10 Å². The highest BCUT2D eigenvalue weighted by atomic mass is 16.1. The van der Waals surface area contributed by atoms with E-state index in [9.17, 15) is 4.79 Å². The fraction of sp³-hybridized carbons (Fsp3) is 0.529. The lowest BCUT2D eigenvalue weighted by molar-refractivity contribution is 0.00103. The van der Waals surface area contributed by atoms with E-state index in [1.807, 2.05) is 13.1 Å². The molecule has 1 saturated carbocycles. The second-order valence-corrected chi connectivity index (χ2v) is 6.99. The molecule has 0 bridgehead atoms. The zero-order valence-electron chi connectivity index (χ0n) is 12.6. The molecule has 1 N–H and O–H groups in total. The fourth-order valence-electron chi connectivity index (χ4n) is 4.13. The predicted molar refractivity (Wildman–Crippen MR) is 83.5 cm³/mol. The van der Waals surface area contributed by atoms with Gasteiger partial charge >= 0.3 is 0 Å². The smallest absolute Gasteiger partial charge is 0.274 e. The van der Waals surface area contributed by atoms with Crippen molar-refractivity contribution in [3.05, 3.63) is 39.8 Å². The van der Waals surface area contributed by atoms with Gasteiger partial charge < -0.3 is 5.32 Å². The maximum Gasteiger partial charge on any atom is 0.274 e. The molecule has 1 spiro atoms. The highest BCUT2D eigenvalue weighted by Crippen LogP contribution is 2.49. The second-order valence-electron chi connectivity index (χ2n) is 6.99. The van der Waals surface area contributed by atoms with Crippen LogP contribution >= 0.6 is 0 Å². The standard InChI is InChI=1S/C17H21N3O/c1-11-3-4-13(5-12-6-17(7-12)9-18-10-17)14-8-19-20(2)16(21)15(11)14/h3-4,8,12,18H,5-7,9-10H2,1-2H3. The lowest BCUT2D eigenvalue weighted by atomic mass is 9.57. The van der Waals surface area contributed by atoms with Crippen LogP contribution in [0.1, 0.15) is 24.0 Å². The van der Waals surface area contributed by atoms with E-state index in [1.54, 1.807) is 7.05 Å². The van der Waals surface area contributed by atoms with Gasteiger partial charge in [-0.05, 0) is 48.6 Å². The number of hydrogen-bond donors (Lipinski definition) is 1. The topological polar surface area (TPSA) is 46.9 Å². The molecule has 0 unspecified atom stereocenters. The molecule has 1 aromatic carbocycles. The first-order chi connectivity index (χ1) is 10.1. The second kappa shape index (κ2) is 4.41. The van der Waals surface area contributed by atoms with Crippen molar-refractivity contribution in [2.24, 2.45) is 18.4 Å². The van der Waals surface area contributed by atoms with Gasteiger partial charge in [0, 0.05) is 25.5 Å². The van der Waals surface area contributed by atoms with Gasteiger partial charge in [-0.3, -0.25) is 4.79 Å². The van der Waals surface area contributed by atoms with Crippen molar-refractivity contribution in [1.29, 1.82) is 0 Å². The maximum atomic E-state index is 12.3. The Hall–Kier alpha value is -1.68. The van der Waals surface area contributed by atoms with Crippen LogP contribution in [0.5, 0.6) is 0 Å². The molecule has 4 heteroatoms. The Morgan fingerprint density at radius 3 is 2.81 bits per heavy atom. The number of rotatable bonds is 2. The minimum Gasteiger partial charge on any atom is -0.316 e. The molecular weight excluding hydrogens is 262 g/mol. The molecule has 0 atom stereocenters. The molecule has 0 amide bonds. The van der Waals surface area contributed by atoms with Crippen molar-refractivity contribution in [2.75, 3.05) is 13.1 Å². The monoisotopic (exact) mass is 283 g/mol. The van der Waals surface area contributed by atoms with Crippen LogP contribution in [-0.4, -0.2) is 22.9 Å². The zero-order chi connectivity index (χ0) is 14.6. The van der Waals surface area contributed by atoms with Gasteiger partial charge in [-0.15, -0.1) is 0 Å². The third kappa shape index (κ3) is 1.93. The minimum atomic E-state index is 0.0140. The van der Waals surface area contributed by atoms with Crippen molar-refractivity contribution in [3.63, 3.8) is 0 Å². The first kappa shape index (κ1) is 13.0. The van der Waals surface area contributed by atoms with Crippen LogP contribution in [0.3, 0.4) is 0 Å². The molecule has 2 heterocycles. The van der Waals surface area contributed by atoms with Crippen molar-refractivity contribution in [3.8, 4) is 0 Å². The Bertz CT molecular complexity index is 765. The summed E-state index contributed by atoms with van der Waals surface area (Å²) in [7, 11) is 1.72. The number of nitrogens with one attached hydrogen (secondary N) is 1. The third-order valence-corrected chi connectivity index (χ3v) is 5.36. The highest BCUT2D eigenvalue weighted by molar-refractivity contribution is 5.87. The average Bonchev–Trinajstić information content (AvgIpc) is 2.37. The van der Waals surface area contributed by atoms with E-state index in [1.165, 1.54) is 36.2 Å². The minimum absolute atomic E-state index is 0.0140. The number of fused-ring (bicyclic) bond motifs is 1. The van der Waals surface area contributed by atoms with Gasteiger partial charge in [0.15, 0.2) is 0 Å². The summed E-state index contributed by atoms with van der Waals surface area (Å²) in [6.45, 7) is 4.40. The van der Waals surface area contributed by atoms with E-state index in [2.05, 4.69) is 22.5 Å². The van der Waals surface area contributed by atoms with E-state index in [-0.39, 0.29) is 5.56 Å². The van der Waals surface area contributed by atoms with Gasteiger partial charge in [0.25, 0.3) is 5.56 Å². The SMILES string of the molecule is Cc1ccc(CC2CC3(CNC3)C2)c2cnn(C)c(=O)c12. The van der Waals surface area contributed by atoms with Crippen LogP contribution in [0.15, 0.2) is 23.1 Å². The summed E-state index contributed by atoms with van der Waals surface area (Å²) < 4.78 is 1.43. The van der Waals surface area contributed by atoms with Crippen molar-refractivity contribution < 1.29 is 0 Å². The van der Waals surface area contributed by atoms with Gasteiger partial charge in [-0.1, -0.05) is 12.1 Å². The molecule has 2 fully saturated rings. The molecule has 1 aliphatic carbocycles. The fourth-order valence-corrected chi connectivity index (χ4v) is 4.13. The van der Waals surface area contributed by atoms with Crippen molar-refractivity contribution in [2.45, 2.75) is 26.2 Å². The zero-order valence-corrected chi connectivity index (χ0v) is 12.6. The highest BCUT2D eigenvalue weighted by Gasteiger charge is 2.47. The summed E-state index contributed by atoms with van der Waals surface area (Å²) in [6, 6.07) is 4.27. The van der Waals surface area contributed by atoms with Gasteiger partial charge in [0.05, 0.1) is 11.6 Å². The molecule has 21 heavy (non-hydrogen) atoms. The van der Waals surface area contributed by atoms with Crippen LogP contribution in [0, 0.1) is 18.3 Å². The molecular formula is C17H21N3O. The maximum absolute atomic E-state index is 12.3. The lowest BCUT2D eigenvalue weighted by Gasteiger charge is -2.54. The first-order valence-electron chi connectivity index (χ1n) is 7.73. The van der Waals surface area contributed by atoms with Gasteiger partial charge in [0.1, 0.15) is 0 Å². The van der Waals surface area contributed by atoms with E-state index in [0.29, 0.717) is 5.41 Å². The Morgan fingerprint density at radius 1 is 1.38 bits per heavy atom. The molecule has 2 aromatic rings. The molecule has 1 aromatic heterocycles. The van der Waals surface area contributed by atoms with Gasteiger partial charge in [-0.25, -0.2) is 4.68 Å². The van der Waals surface area contributed by atoms with E-state index in [0.717, 1.165) is 28.7 Å². The first-order valence-corrected chi connectivity index (χ1v) is 7.73.